The number of nitrogens with zero attached hydrogens (tertiary/aromatic N) is 2. The van der Waals surface area contributed by atoms with E-state index in [4.69, 9.17) is 5.73 Å². The molecule has 5 heteroatoms. The minimum atomic E-state index is -0.0236. The lowest BCUT2D eigenvalue weighted by molar-refractivity contribution is -0.117. The van der Waals surface area contributed by atoms with Crippen LogP contribution in [0.2, 0.25) is 0 Å². The molecule has 0 saturated heterocycles. The zero-order valence-corrected chi connectivity index (χ0v) is 12.2. The van der Waals surface area contributed by atoms with Crippen LogP contribution in [-0.2, 0) is 4.79 Å². The molecule has 0 aliphatic rings. The number of anilines is 2. The molecule has 0 saturated carbocycles. The van der Waals surface area contributed by atoms with Crippen LogP contribution in [-0.4, -0.2) is 56.5 Å². The first-order valence-corrected chi connectivity index (χ1v) is 6.37. The molecular formula is C14H24N4O. The van der Waals surface area contributed by atoms with E-state index in [1.54, 1.807) is 6.07 Å². The third kappa shape index (κ3) is 5.72. The first kappa shape index (κ1) is 15.5. The molecule has 0 fully saturated rings. The summed E-state index contributed by atoms with van der Waals surface area (Å²) in [4.78, 5) is 15.9. The van der Waals surface area contributed by atoms with Gasteiger partial charge in [0, 0.05) is 24.5 Å². The summed E-state index contributed by atoms with van der Waals surface area (Å²) in [6, 6.07) is 5.55. The van der Waals surface area contributed by atoms with E-state index in [1.807, 2.05) is 45.1 Å². The van der Waals surface area contributed by atoms with Gasteiger partial charge in [-0.3, -0.25) is 9.69 Å². The maximum absolute atomic E-state index is 11.9. The second-order valence-corrected chi connectivity index (χ2v) is 5.16. The molecule has 0 spiro atoms. The highest BCUT2D eigenvalue weighted by atomic mass is 16.2. The van der Waals surface area contributed by atoms with Gasteiger partial charge in [-0.1, -0.05) is 6.07 Å². The summed E-state index contributed by atoms with van der Waals surface area (Å²) in [6.45, 7) is 4.11. The van der Waals surface area contributed by atoms with E-state index < -0.39 is 0 Å². The highest BCUT2D eigenvalue weighted by Gasteiger charge is 2.07. The lowest BCUT2D eigenvalue weighted by atomic mass is 10.2. The number of amides is 1. The number of hydrogen-bond acceptors (Lipinski definition) is 4. The second kappa shape index (κ2) is 7.11. The summed E-state index contributed by atoms with van der Waals surface area (Å²) in [5.74, 6) is -0.0236. The van der Waals surface area contributed by atoms with Gasteiger partial charge in [0.1, 0.15) is 0 Å². The normalized spacial score (nSPS) is 11.1. The lowest BCUT2D eigenvalue weighted by Crippen LogP contribution is -2.34. The van der Waals surface area contributed by atoms with Crippen LogP contribution in [0.4, 0.5) is 11.4 Å². The van der Waals surface area contributed by atoms with Gasteiger partial charge >= 0.3 is 0 Å². The van der Waals surface area contributed by atoms with Crippen LogP contribution in [0.1, 0.15) is 5.56 Å². The summed E-state index contributed by atoms with van der Waals surface area (Å²) in [5.41, 5.74) is 8.26. The van der Waals surface area contributed by atoms with E-state index in [0.29, 0.717) is 12.2 Å². The molecule has 1 aromatic carbocycles. The molecule has 0 aliphatic heterocycles. The fourth-order valence-corrected chi connectivity index (χ4v) is 1.61. The van der Waals surface area contributed by atoms with Gasteiger partial charge in [0.25, 0.3) is 0 Å². The smallest absolute Gasteiger partial charge is 0.238 e. The average molecular weight is 264 g/mol. The van der Waals surface area contributed by atoms with Gasteiger partial charge in [-0.2, -0.15) is 0 Å². The number of aryl methyl sites for hydroxylation is 1. The van der Waals surface area contributed by atoms with Crippen LogP contribution in [0.3, 0.4) is 0 Å². The highest BCUT2D eigenvalue weighted by Crippen LogP contribution is 2.16. The van der Waals surface area contributed by atoms with Crippen LogP contribution in [0.25, 0.3) is 0 Å². The monoisotopic (exact) mass is 264 g/mol. The summed E-state index contributed by atoms with van der Waals surface area (Å²) in [7, 11) is 5.97. The number of carbonyl (C=O) groups is 1. The Bertz CT molecular complexity index is 431. The third-order valence-electron chi connectivity index (χ3n) is 2.91. The van der Waals surface area contributed by atoms with Crippen molar-refractivity contribution in [2.24, 2.45) is 0 Å². The Morgan fingerprint density at radius 1 is 1.26 bits per heavy atom. The topological polar surface area (TPSA) is 61.6 Å². The van der Waals surface area contributed by atoms with Crippen LogP contribution in [0, 0.1) is 6.92 Å². The van der Waals surface area contributed by atoms with Crippen molar-refractivity contribution in [3.8, 4) is 0 Å². The summed E-state index contributed by atoms with van der Waals surface area (Å²) >= 11 is 0. The number of rotatable bonds is 6. The van der Waals surface area contributed by atoms with Crippen LogP contribution in [0.15, 0.2) is 18.2 Å². The highest BCUT2D eigenvalue weighted by molar-refractivity contribution is 5.92. The molecule has 0 radical (unpaired) electrons. The maximum atomic E-state index is 11.9. The van der Waals surface area contributed by atoms with Gasteiger partial charge in [0.2, 0.25) is 5.91 Å². The molecule has 0 unspecified atom stereocenters. The Morgan fingerprint density at radius 2 is 1.95 bits per heavy atom. The molecule has 5 nitrogen and oxygen atoms in total. The largest absolute Gasteiger partial charge is 0.398 e. The Kier molecular flexibility index (Phi) is 5.79. The Labute approximate surface area is 115 Å². The van der Waals surface area contributed by atoms with Gasteiger partial charge in [-0.05, 0) is 45.8 Å². The average Bonchev–Trinajstić information content (AvgIpc) is 2.31. The van der Waals surface area contributed by atoms with Crippen molar-refractivity contribution in [1.82, 2.24) is 9.80 Å². The molecule has 0 aromatic heterocycles. The summed E-state index contributed by atoms with van der Waals surface area (Å²) in [6.07, 6.45) is 0. The van der Waals surface area contributed by atoms with Crippen LogP contribution < -0.4 is 11.1 Å². The summed E-state index contributed by atoms with van der Waals surface area (Å²) in [5, 5.41) is 2.85. The van der Waals surface area contributed by atoms with Gasteiger partial charge in [-0.15, -0.1) is 0 Å². The summed E-state index contributed by atoms with van der Waals surface area (Å²) < 4.78 is 0. The molecule has 0 aliphatic carbocycles. The van der Waals surface area contributed by atoms with E-state index >= 15 is 0 Å². The first-order valence-electron chi connectivity index (χ1n) is 6.37. The Morgan fingerprint density at radius 3 is 2.53 bits per heavy atom. The number of nitrogens with two attached hydrogens (primary N) is 1. The number of benzene rings is 1. The quantitative estimate of drug-likeness (QED) is 0.753. The predicted octanol–water partition coefficient (Wildman–Crippen LogP) is 1.01. The number of nitrogen functional groups attached to an aromatic ring is 1. The van der Waals surface area contributed by atoms with E-state index in [2.05, 4.69) is 10.2 Å². The SMILES string of the molecule is Cc1ccc(NC(=O)CN(C)CCN(C)C)cc1N. The van der Waals surface area contributed by atoms with Crippen molar-refractivity contribution in [1.29, 1.82) is 0 Å². The van der Waals surface area contributed by atoms with E-state index in [0.717, 1.165) is 24.3 Å². The van der Waals surface area contributed by atoms with E-state index in [-0.39, 0.29) is 5.91 Å². The minimum Gasteiger partial charge on any atom is -0.398 e. The molecule has 3 N–H and O–H groups in total. The van der Waals surface area contributed by atoms with Crippen molar-refractivity contribution < 1.29 is 4.79 Å². The van der Waals surface area contributed by atoms with Crippen LogP contribution >= 0.6 is 0 Å². The van der Waals surface area contributed by atoms with Gasteiger partial charge in [0.05, 0.1) is 6.54 Å². The van der Waals surface area contributed by atoms with Gasteiger partial charge < -0.3 is 16.0 Å². The molecule has 19 heavy (non-hydrogen) atoms. The molecule has 0 heterocycles. The molecule has 1 amide bonds. The van der Waals surface area contributed by atoms with Crippen molar-refractivity contribution in [2.45, 2.75) is 6.92 Å². The standard InChI is InChI=1S/C14H24N4O/c1-11-5-6-12(9-13(11)15)16-14(19)10-18(4)8-7-17(2)3/h5-6,9H,7-8,10,15H2,1-4H3,(H,16,19). The third-order valence-corrected chi connectivity index (χ3v) is 2.91. The molecule has 106 valence electrons. The van der Waals surface area contributed by atoms with Gasteiger partial charge in [0.15, 0.2) is 0 Å². The van der Waals surface area contributed by atoms with Gasteiger partial charge in [-0.25, -0.2) is 0 Å². The fraction of sp³-hybridized carbons (Fsp3) is 0.500. The zero-order chi connectivity index (χ0) is 14.4. The maximum Gasteiger partial charge on any atom is 0.238 e. The van der Waals surface area contributed by atoms with Crippen molar-refractivity contribution in [3.05, 3.63) is 23.8 Å². The van der Waals surface area contributed by atoms with E-state index in [1.165, 1.54) is 0 Å². The Hall–Kier alpha value is -1.59. The number of likely N-dealkylation sites (N-methyl/N-ethyl adjacent to an activating group) is 2. The first-order chi connectivity index (χ1) is 8.88. The van der Waals surface area contributed by atoms with Crippen LogP contribution in [0.5, 0.6) is 0 Å². The Balaban J connectivity index is 2.44. The van der Waals surface area contributed by atoms with Crippen molar-refractivity contribution in [3.63, 3.8) is 0 Å². The lowest BCUT2D eigenvalue weighted by Gasteiger charge is -2.18. The van der Waals surface area contributed by atoms with E-state index in [9.17, 15) is 4.79 Å². The molecule has 0 atom stereocenters. The molecule has 1 rings (SSSR count). The number of carbonyl (C=O) groups excluding carboxylic acids is 1. The number of hydrogen-bond donors (Lipinski definition) is 2. The van der Waals surface area contributed by atoms with Crippen molar-refractivity contribution in [2.75, 3.05) is 51.8 Å². The molecular weight excluding hydrogens is 240 g/mol. The minimum absolute atomic E-state index is 0.0236. The molecule has 1 aromatic rings. The molecule has 0 bridgehead atoms. The second-order valence-electron chi connectivity index (χ2n) is 5.16. The fourth-order valence-electron chi connectivity index (χ4n) is 1.61. The zero-order valence-electron chi connectivity index (χ0n) is 12.2. The predicted molar refractivity (Wildman–Crippen MR) is 80.3 cm³/mol. The number of nitrogens with one attached hydrogen (secondary N) is 1. The van der Waals surface area contributed by atoms with Crippen molar-refractivity contribution >= 4 is 17.3 Å².